The molecule has 1 saturated heterocycles. The molecular formula is C25H37ClN4. The van der Waals surface area contributed by atoms with E-state index in [9.17, 15) is 0 Å². The Morgan fingerprint density at radius 3 is 2.73 bits per heavy atom. The molecule has 2 aliphatic rings. The molecule has 0 spiro atoms. The summed E-state index contributed by atoms with van der Waals surface area (Å²) in [5.41, 5.74) is 5.06. The van der Waals surface area contributed by atoms with Crippen LogP contribution in [0.5, 0.6) is 0 Å². The minimum absolute atomic E-state index is 0.386. The summed E-state index contributed by atoms with van der Waals surface area (Å²) in [6.07, 6.45) is 11.1. The van der Waals surface area contributed by atoms with Crippen molar-refractivity contribution in [2.45, 2.75) is 84.1 Å². The van der Waals surface area contributed by atoms with Crippen LogP contribution >= 0.6 is 11.6 Å². The lowest BCUT2D eigenvalue weighted by atomic mass is 9.78. The van der Waals surface area contributed by atoms with Crippen LogP contribution in [0.15, 0.2) is 29.4 Å². The number of halogens is 1. The van der Waals surface area contributed by atoms with E-state index in [0.717, 1.165) is 49.8 Å². The van der Waals surface area contributed by atoms with Crippen molar-refractivity contribution < 1.29 is 0 Å². The smallest absolute Gasteiger partial charge is 0.179 e. The summed E-state index contributed by atoms with van der Waals surface area (Å²) in [6.45, 7) is 9.86. The maximum atomic E-state index is 8.95. The van der Waals surface area contributed by atoms with E-state index in [1.165, 1.54) is 43.4 Å². The topological polar surface area (TPSA) is 52.9 Å². The highest BCUT2D eigenvalue weighted by atomic mass is 35.5. The van der Waals surface area contributed by atoms with Crippen molar-refractivity contribution in [1.82, 2.24) is 14.9 Å². The third-order valence-corrected chi connectivity index (χ3v) is 7.10. The molecule has 164 valence electrons. The molecule has 2 fully saturated rings. The van der Waals surface area contributed by atoms with Crippen LogP contribution in [-0.4, -0.2) is 40.2 Å². The molecule has 0 amide bonds. The zero-order chi connectivity index (χ0) is 21.7. The fraction of sp³-hybridized carbons (Fsp3) is 0.640. The van der Waals surface area contributed by atoms with E-state index in [0.29, 0.717) is 28.6 Å². The number of nitrogens with zero attached hydrogens (tertiary/aromatic N) is 3. The molecule has 0 radical (unpaired) electrons. The normalized spacial score (nSPS) is 23.5. The molecule has 30 heavy (non-hydrogen) atoms. The first-order valence-electron chi connectivity index (χ1n) is 11.6. The van der Waals surface area contributed by atoms with E-state index in [4.69, 9.17) is 22.0 Å². The van der Waals surface area contributed by atoms with E-state index in [1.54, 1.807) is 0 Å². The van der Waals surface area contributed by atoms with Gasteiger partial charge < -0.3 is 4.90 Å². The molecule has 1 saturated carbocycles. The number of hydrogen-bond donors (Lipinski definition) is 1. The Kier molecular flexibility index (Phi) is 8.24. The quantitative estimate of drug-likeness (QED) is 0.296. The summed E-state index contributed by atoms with van der Waals surface area (Å²) in [6, 6.07) is 2.49. The Labute approximate surface area is 187 Å². The third kappa shape index (κ3) is 5.59. The summed E-state index contributed by atoms with van der Waals surface area (Å²) >= 11 is 6.36. The molecule has 0 bridgehead atoms. The number of aromatic nitrogens is 2. The Hall–Kier alpha value is -1.52. The molecule has 2 heterocycles. The summed E-state index contributed by atoms with van der Waals surface area (Å²) in [4.78, 5) is 11.7. The summed E-state index contributed by atoms with van der Waals surface area (Å²) in [5.74, 6) is 0.860. The highest BCUT2D eigenvalue weighted by Gasteiger charge is 2.24. The first-order valence-corrected chi connectivity index (χ1v) is 12.0. The standard InChI is InChI=1S/C25H37ClN4/c1-5-9-22(18(3)21-12-7-6-10-17(21)2)24(27)25-28-19(16-23(26)29-25)13-14-20-11-8-15-30(20)4/h16,20-21,27H,2,5-15H2,1,3-4H3/b22-18+,27-24?/t20-,21-/m0/s1. The Balaban J connectivity index is 1.82. The minimum atomic E-state index is 0.386. The van der Waals surface area contributed by atoms with Gasteiger partial charge in [-0.15, -0.1) is 0 Å². The van der Waals surface area contributed by atoms with E-state index >= 15 is 0 Å². The second-order valence-corrected chi connectivity index (χ2v) is 9.45. The minimum Gasteiger partial charge on any atom is -0.303 e. The zero-order valence-electron chi connectivity index (χ0n) is 18.9. The van der Waals surface area contributed by atoms with Gasteiger partial charge in [0.2, 0.25) is 0 Å². The van der Waals surface area contributed by atoms with Crippen molar-refractivity contribution in [3.8, 4) is 0 Å². The number of hydrogen-bond acceptors (Lipinski definition) is 4. The first-order chi connectivity index (χ1) is 14.4. The van der Waals surface area contributed by atoms with Crippen LogP contribution in [0.25, 0.3) is 0 Å². The molecule has 4 nitrogen and oxygen atoms in total. The Morgan fingerprint density at radius 1 is 1.27 bits per heavy atom. The van der Waals surface area contributed by atoms with Crippen molar-refractivity contribution in [3.63, 3.8) is 0 Å². The molecule has 2 atom stereocenters. The van der Waals surface area contributed by atoms with Gasteiger partial charge in [0.05, 0.1) is 0 Å². The van der Waals surface area contributed by atoms with Crippen LogP contribution in [0.4, 0.5) is 0 Å². The SMILES string of the molecule is C=C1CCCC[C@@H]1/C(C)=C(\CCC)C(=N)c1nc(Cl)cc(CC[C@@H]2CCCN2C)n1. The third-order valence-electron chi connectivity index (χ3n) is 6.91. The predicted octanol–water partition coefficient (Wildman–Crippen LogP) is 6.39. The number of likely N-dealkylation sites (tertiary alicyclic amines) is 1. The number of rotatable bonds is 8. The van der Waals surface area contributed by atoms with Crippen LogP contribution in [0.1, 0.15) is 83.2 Å². The molecule has 1 aliphatic carbocycles. The van der Waals surface area contributed by atoms with Crippen LogP contribution in [0.3, 0.4) is 0 Å². The predicted molar refractivity (Wildman–Crippen MR) is 127 cm³/mol. The summed E-state index contributed by atoms with van der Waals surface area (Å²) < 4.78 is 0. The van der Waals surface area contributed by atoms with Gasteiger partial charge in [0.15, 0.2) is 5.82 Å². The Bertz CT molecular complexity index is 813. The highest BCUT2D eigenvalue weighted by Crippen LogP contribution is 2.36. The van der Waals surface area contributed by atoms with Gasteiger partial charge in [0.1, 0.15) is 10.9 Å². The maximum absolute atomic E-state index is 8.95. The summed E-state index contributed by atoms with van der Waals surface area (Å²) in [7, 11) is 2.20. The van der Waals surface area contributed by atoms with Crippen molar-refractivity contribution in [1.29, 1.82) is 5.41 Å². The summed E-state index contributed by atoms with van der Waals surface area (Å²) in [5, 5.41) is 9.39. The van der Waals surface area contributed by atoms with Crippen LogP contribution in [0.2, 0.25) is 5.15 Å². The average Bonchev–Trinajstić information content (AvgIpc) is 3.14. The van der Waals surface area contributed by atoms with E-state index < -0.39 is 0 Å². The lowest BCUT2D eigenvalue weighted by Crippen LogP contribution is -2.25. The molecule has 3 rings (SSSR count). The fourth-order valence-corrected chi connectivity index (χ4v) is 5.28. The van der Waals surface area contributed by atoms with Gasteiger partial charge in [-0.2, -0.15) is 0 Å². The van der Waals surface area contributed by atoms with Crippen molar-refractivity contribution in [2.75, 3.05) is 13.6 Å². The molecule has 0 unspecified atom stereocenters. The Morgan fingerprint density at radius 2 is 2.07 bits per heavy atom. The average molecular weight is 429 g/mol. The van der Waals surface area contributed by atoms with Crippen LogP contribution < -0.4 is 0 Å². The largest absolute Gasteiger partial charge is 0.303 e. The van der Waals surface area contributed by atoms with Gasteiger partial charge in [0, 0.05) is 17.7 Å². The number of allylic oxidation sites excluding steroid dienone is 3. The highest BCUT2D eigenvalue weighted by molar-refractivity contribution is 6.29. The first kappa shape index (κ1) is 23.1. The monoisotopic (exact) mass is 428 g/mol. The van der Waals surface area contributed by atoms with Gasteiger partial charge in [-0.05, 0) is 83.5 Å². The van der Waals surface area contributed by atoms with Crippen molar-refractivity contribution >= 4 is 17.3 Å². The van der Waals surface area contributed by atoms with Crippen molar-refractivity contribution in [3.05, 3.63) is 46.0 Å². The van der Waals surface area contributed by atoms with Crippen LogP contribution in [0, 0.1) is 11.3 Å². The lowest BCUT2D eigenvalue weighted by molar-refractivity contribution is 0.296. The van der Waals surface area contributed by atoms with E-state index in [1.807, 2.05) is 6.07 Å². The van der Waals surface area contributed by atoms with Crippen LogP contribution in [-0.2, 0) is 6.42 Å². The molecular weight excluding hydrogens is 392 g/mol. The van der Waals surface area contributed by atoms with Gasteiger partial charge in [-0.1, -0.05) is 49.1 Å². The van der Waals surface area contributed by atoms with Gasteiger partial charge in [-0.3, -0.25) is 5.41 Å². The second kappa shape index (κ2) is 10.7. The maximum Gasteiger partial charge on any atom is 0.179 e. The molecule has 1 N–H and O–H groups in total. The van der Waals surface area contributed by atoms with Gasteiger partial charge in [0.25, 0.3) is 0 Å². The van der Waals surface area contributed by atoms with E-state index in [-0.39, 0.29) is 0 Å². The van der Waals surface area contributed by atoms with Gasteiger partial charge in [-0.25, -0.2) is 9.97 Å². The van der Waals surface area contributed by atoms with Gasteiger partial charge >= 0.3 is 0 Å². The second-order valence-electron chi connectivity index (χ2n) is 9.06. The molecule has 1 aromatic rings. The lowest BCUT2D eigenvalue weighted by Gasteiger charge is -2.27. The molecule has 1 aromatic heterocycles. The zero-order valence-corrected chi connectivity index (χ0v) is 19.7. The number of nitrogens with one attached hydrogen (secondary N) is 1. The van der Waals surface area contributed by atoms with E-state index in [2.05, 4.69) is 37.4 Å². The molecule has 5 heteroatoms. The number of aryl methyl sites for hydroxylation is 1. The molecule has 0 aromatic carbocycles. The molecule has 1 aliphatic heterocycles. The fourth-order valence-electron chi connectivity index (χ4n) is 5.08. The van der Waals surface area contributed by atoms with Crippen molar-refractivity contribution in [2.24, 2.45) is 5.92 Å².